The molecule has 4 aromatic rings. The summed E-state index contributed by atoms with van der Waals surface area (Å²) in [5.41, 5.74) is 2.66. The van der Waals surface area contributed by atoms with Crippen molar-refractivity contribution in [1.29, 1.82) is 0 Å². The molecule has 0 spiro atoms. The number of nitrogens with zero attached hydrogens (tertiary/aromatic N) is 4. The first-order chi connectivity index (χ1) is 16.5. The molecule has 3 heterocycles. The molecule has 2 aromatic heterocycles. The summed E-state index contributed by atoms with van der Waals surface area (Å²) in [4.78, 5) is 18.3. The summed E-state index contributed by atoms with van der Waals surface area (Å²) in [5.74, 6) is 0.196. The molecule has 8 heteroatoms. The Bertz CT molecular complexity index is 1370. The summed E-state index contributed by atoms with van der Waals surface area (Å²) >= 11 is 6.00. The molecule has 1 aliphatic heterocycles. The zero-order chi connectivity index (χ0) is 23.7. The maximum atomic E-state index is 13.7. The number of carbonyl (C=O) groups excluding carboxylic acids is 1. The van der Waals surface area contributed by atoms with Gasteiger partial charge >= 0.3 is 0 Å². The molecule has 0 radical (unpaired) electrons. The third kappa shape index (κ3) is 4.15. The third-order valence-electron chi connectivity index (χ3n) is 6.01. The molecule has 34 heavy (non-hydrogen) atoms. The summed E-state index contributed by atoms with van der Waals surface area (Å²) in [5, 5.41) is 5.81. The number of hydrogen-bond acceptors (Lipinski definition) is 4. The average Bonchev–Trinajstić information content (AvgIpc) is 3.27. The fraction of sp³-hybridized carbons (Fsp3) is 0.192. The number of benzene rings is 2. The minimum atomic E-state index is -0.531. The highest BCUT2D eigenvalue weighted by Gasteiger charge is 2.26. The van der Waals surface area contributed by atoms with E-state index in [0.717, 1.165) is 41.5 Å². The van der Waals surface area contributed by atoms with Gasteiger partial charge in [-0.2, -0.15) is 5.10 Å². The summed E-state index contributed by atoms with van der Waals surface area (Å²) in [6.45, 7) is 4.93. The summed E-state index contributed by atoms with van der Waals surface area (Å²) in [6.07, 6.45) is 6.75. The lowest BCUT2D eigenvalue weighted by atomic mass is 10.1. The van der Waals surface area contributed by atoms with Crippen molar-refractivity contribution < 1.29 is 13.9 Å². The van der Waals surface area contributed by atoms with Crippen LogP contribution >= 0.6 is 11.6 Å². The number of aromatic nitrogens is 3. The van der Waals surface area contributed by atoms with Gasteiger partial charge < -0.3 is 9.64 Å². The number of pyridine rings is 1. The van der Waals surface area contributed by atoms with Gasteiger partial charge in [0.2, 0.25) is 5.91 Å². The number of fused-ring (bicyclic) bond motifs is 1. The Balaban J connectivity index is 1.46. The Hall–Kier alpha value is -3.71. The average molecular weight is 477 g/mol. The molecule has 6 nitrogen and oxygen atoms in total. The van der Waals surface area contributed by atoms with E-state index < -0.39 is 5.82 Å². The number of carbonyl (C=O) groups is 1. The van der Waals surface area contributed by atoms with Crippen LogP contribution in [0, 0.1) is 5.82 Å². The maximum Gasteiger partial charge on any atom is 0.246 e. The zero-order valence-corrected chi connectivity index (χ0v) is 19.1. The predicted molar refractivity (Wildman–Crippen MR) is 129 cm³/mol. The van der Waals surface area contributed by atoms with Gasteiger partial charge in [0.1, 0.15) is 28.0 Å². The van der Waals surface area contributed by atoms with Crippen molar-refractivity contribution in [3.8, 4) is 22.8 Å². The summed E-state index contributed by atoms with van der Waals surface area (Å²) in [6, 6.07) is 13.8. The summed E-state index contributed by atoms with van der Waals surface area (Å²) in [7, 11) is 0. The first-order valence-electron chi connectivity index (χ1n) is 11.0. The molecule has 172 valence electrons. The van der Waals surface area contributed by atoms with Crippen molar-refractivity contribution >= 4 is 28.4 Å². The molecule has 0 aliphatic carbocycles. The summed E-state index contributed by atoms with van der Waals surface area (Å²) < 4.78 is 21.5. The van der Waals surface area contributed by atoms with E-state index in [-0.39, 0.29) is 22.7 Å². The second-order valence-corrected chi connectivity index (χ2v) is 8.53. The van der Waals surface area contributed by atoms with Crippen molar-refractivity contribution in [1.82, 2.24) is 19.7 Å². The van der Waals surface area contributed by atoms with Crippen molar-refractivity contribution in [3.05, 3.63) is 84.4 Å². The molecule has 0 saturated carbocycles. The first-order valence-corrected chi connectivity index (χ1v) is 11.4. The highest BCUT2D eigenvalue weighted by atomic mass is 35.5. The Morgan fingerprint density at radius 2 is 2.03 bits per heavy atom. The molecule has 5 rings (SSSR count). The lowest BCUT2D eigenvalue weighted by Crippen LogP contribution is -2.40. The molecule has 1 aliphatic rings. The number of piperidine rings is 1. The smallest absolute Gasteiger partial charge is 0.246 e. The quantitative estimate of drug-likeness (QED) is 0.330. The van der Waals surface area contributed by atoms with Gasteiger partial charge in [-0.25, -0.2) is 4.39 Å². The first kappa shape index (κ1) is 22.1. The Labute approximate surface area is 201 Å². The molecule has 1 saturated heterocycles. The second-order valence-electron chi connectivity index (χ2n) is 8.15. The molecule has 1 atom stereocenters. The highest BCUT2D eigenvalue weighted by Crippen LogP contribution is 2.35. The van der Waals surface area contributed by atoms with Gasteiger partial charge in [0, 0.05) is 36.4 Å². The van der Waals surface area contributed by atoms with E-state index in [2.05, 4.69) is 11.6 Å². The third-order valence-corrected chi connectivity index (χ3v) is 6.37. The lowest BCUT2D eigenvalue weighted by Gasteiger charge is -2.32. The van der Waals surface area contributed by atoms with Crippen molar-refractivity contribution in [2.75, 3.05) is 13.1 Å². The topological polar surface area (TPSA) is 60.2 Å². The number of amides is 1. The normalized spacial score (nSPS) is 15.9. The van der Waals surface area contributed by atoms with Crippen molar-refractivity contribution in [2.45, 2.75) is 18.9 Å². The maximum absolute atomic E-state index is 13.7. The number of likely N-dealkylation sites (tertiary alicyclic amines) is 1. The Morgan fingerprint density at radius 3 is 2.82 bits per heavy atom. The molecular formula is C26H22ClFN4O2. The molecular weight excluding hydrogens is 455 g/mol. The number of ether oxygens (including phenoxy) is 1. The van der Waals surface area contributed by atoms with Crippen LogP contribution in [0.25, 0.3) is 22.2 Å². The van der Waals surface area contributed by atoms with Crippen LogP contribution in [0.3, 0.4) is 0 Å². The van der Waals surface area contributed by atoms with Crippen LogP contribution in [0.5, 0.6) is 11.5 Å². The molecule has 1 fully saturated rings. The van der Waals surface area contributed by atoms with E-state index in [1.807, 2.05) is 27.8 Å². The Morgan fingerprint density at radius 1 is 1.21 bits per heavy atom. The van der Waals surface area contributed by atoms with Gasteiger partial charge in [-0.1, -0.05) is 24.2 Å². The highest BCUT2D eigenvalue weighted by molar-refractivity contribution is 6.32. The van der Waals surface area contributed by atoms with Gasteiger partial charge in [-0.15, -0.1) is 0 Å². The van der Waals surface area contributed by atoms with E-state index in [4.69, 9.17) is 21.4 Å². The van der Waals surface area contributed by atoms with Gasteiger partial charge in [-0.3, -0.25) is 14.5 Å². The van der Waals surface area contributed by atoms with Crippen LogP contribution in [0.15, 0.2) is 73.6 Å². The minimum Gasteiger partial charge on any atom is -0.456 e. The van der Waals surface area contributed by atoms with Crippen LogP contribution in [0.2, 0.25) is 5.02 Å². The molecule has 1 amide bonds. The van der Waals surface area contributed by atoms with Crippen LogP contribution in [0.4, 0.5) is 4.39 Å². The van der Waals surface area contributed by atoms with Crippen molar-refractivity contribution in [2.24, 2.45) is 0 Å². The van der Waals surface area contributed by atoms with E-state index in [1.54, 1.807) is 36.7 Å². The SMILES string of the molecule is C=CC(=O)N1CCC[C@@H](n2nc(-c3ccc(Oc4cccc(F)c4Cl)cc3)c3cnccc32)C1. The largest absolute Gasteiger partial charge is 0.456 e. The molecule has 2 aromatic carbocycles. The molecule has 0 bridgehead atoms. The van der Waals surface area contributed by atoms with Crippen LogP contribution in [0.1, 0.15) is 18.9 Å². The monoisotopic (exact) mass is 476 g/mol. The van der Waals surface area contributed by atoms with Gasteiger partial charge in [-0.05, 0) is 61.4 Å². The van der Waals surface area contributed by atoms with E-state index in [1.165, 1.54) is 12.1 Å². The van der Waals surface area contributed by atoms with E-state index in [9.17, 15) is 9.18 Å². The van der Waals surface area contributed by atoms with Gasteiger partial charge in [0.05, 0.1) is 11.6 Å². The van der Waals surface area contributed by atoms with Gasteiger partial charge in [0.15, 0.2) is 0 Å². The molecule has 0 unspecified atom stereocenters. The number of halogens is 2. The number of rotatable bonds is 5. The second kappa shape index (κ2) is 9.27. The standard InChI is InChI=1S/C26H22ClFN4O2/c1-2-24(33)31-14-4-5-18(16-31)32-22-12-13-29-15-20(22)26(30-32)17-8-10-19(11-9-17)34-23-7-3-6-21(28)25(23)27/h2-3,6-13,15,18H,1,4-5,14,16H2/t18-/m1/s1. The van der Waals surface area contributed by atoms with E-state index in [0.29, 0.717) is 12.3 Å². The lowest BCUT2D eigenvalue weighted by molar-refractivity contribution is -0.127. The van der Waals surface area contributed by atoms with Crippen LogP contribution in [-0.2, 0) is 4.79 Å². The fourth-order valence-corrected chi connectivity index (χ4v) is 4.50. The predicted octanol–water partition coefficient (Wildman–Crippen LogP) is 6.03. The van der Waals surface area contributed by atoms with Crippen LogP contribution in [-0.4, -0.2) is 38.7 Å². The van der Waals surface area contributed by atoms with Crippen molar-refractivity contribution in [3.63, 3.8) is 0 Å². The zero-order valence-electron chi connectivity index (χ0n) is 18.3. The minimum absolute atomic E-state index is 0.0566. The van der Waals surface area contributed by atoms with Crippen LogP contribution < -0.4 is 4.74 Å². The fourth-order valence-electron chi connectivity index (χ4n) is 4.33. The van der Waals surface area contributed by atoms with Gasteiger partial charge in [0.25, 0.3) is 0 Å². The molecule has 0 N–H and O–H groups in total. The Kier molecular flexibility index (Phi) is 6.02. The van der Waals surface area contributed by atoms with E-state index >= 15 is 0 Å². The number of hydrogen-bond donors (Lipinski definition) is 0.